The molecular formula is C19H11FN4O4. The number of aromatic nitrogens is 4. The Morgan fingerprint density at radius 1 is 0.929 bits per heavy atom. The normalized spacial score (nSPS) is 12.3. The second kappa shape index (κ2) is 6.31. The van der Waals surface area contributed by atoms with E-state index in [2.05, 4.69) is 15.3 Å². The SMILES string of the molecule is O=c1ccc(-c2nnc(-c3ccc4c(c3)OCO4)o2)nn1-c1ccccc1F. The smallest absolute Gasteiger partial charge is 0.271 e. The fourth-order valence-electron chi connectivity index (χ4n) is 2.79. The molecule has 0 saturated heterocycles. The van der Waals surface area contributed by atoms with Crippen LogP contribution in [-0.4, -0.2) is 26.8 Å². The number of benzene rings is 2. The first-order valence-corrected chi connectivity index (χ1v) is 8.28. The Morgan fingerprint density at radius 3 is 2.64 bits per heavy atom. The predicted octanol–water partition coefficient (Wildman–Crippen LogP) is 2.82. The number of hydrogen-bond donors (Lipinski definition) is 0. The van der Waals surface area contributed by atoms with E-state index in [1.807, 2.05) is 0 Å². The standard InChI is InChI=1S/C19H11FN4O4/c20-12-3-1-2-4-14(12)24-17(25)8-6-13(23-24)19-22-21-18(28-19)11-5-7-15-16(9-11)27-10-26-15/h1-9H,10H2. The van der Waals surface area contributed by atoms with E-state index in [-0.39, 0.29) is 30.0 Å². The van der Waals surface area contributed by atoms with Crippen molar-refractivity contribution in [2.75, 3.05) is 6.79 Å². The third kappa shape index (κ3) is 2.69. The first-order valence-electron chi connectivity index (χ1n) is 8.28. The van der Waals surface area contributed by atoms with E-state index in [0.717, 1.165) is 4.68 Å². The molecule has 0 atom stereocenters. The Morgan fingerprint density at radius 2 is 1.75 bits per heavy atom. The summed E-state index contributed by atoms with van der Waals surface area (Å²) in [6, 6.07) is 13.8. The first-order chi connectivity index (χ1) is 13.7. The largest absolute Gasteiger partial charge is 0.454 e. The van der Waals surface area contributed by atoms with Crippen molar-refractivity contribution in [1.82, 2.24) is 20.0 Å². The molecule has 4 aromatic rings. The second-order valence-electron chi connectivity index (χ2n) is 5.90. The van der Waals surface area contributed by atoms with Gasteiger partial charge < -0.3 is 13.9 Å². The van der Waals surface area contributed by atoms with E-state index >= 15 is 0 Å². The molecule has 2 aromatic heterocycles. The number of para-hydroxylation sites is 1. The monoisotopic (exact) mass is 378 g/mol. The van der Waals surface area contributed by atoms with Gasteiger partial charge in [0.2, 0.25) is 12.7 Å². The number of nitrogens with zero attached hydrogens (tertiary/aromatic N) is 4. The Bertz CT molecular complexity index is 1250. The summed E-state index contributed by atoms with van der Waals surface area (Å²) in [4.78, 5) is 12.1. The van der Waals surface area contributed by atoms with Crippen molar-refractivity contribution in [3.63, 3.8) is 0 Å². The van der Waals surface area contributed by atoms with Crippen LogP contribution in [0, 0.1) is 5.82 Å². The summed E-state index contributed by atoms with van der Waals surface area (Å²) >= 11 is 0. The van der Waals surface area contributed by atoms with Crippen LogP contribution in [0.3, 0.4) is 0 Å². The van der Waals surface area contributed by atoms with E-state index in [9.17, 15) is 9.18 Å². The van der Waals surface area contributed by atoms with Crippen LogP contribution in [0.5, 0.6) is 11.5 Å². The minimum absolute atomic E-state index is 0.0323. The van der Waals surface area contributed by atoms with Crippen molar-refractivity contribution >= 4 is 0 Å². The van der Waals surface area contributed by atoms with Crippen LogP contribution in [0.25, 0.3) is 28.7 Å². The van der Waals surface area contributed by atoms with Crippen molar-refractivity contribution in [2.24, 2.45) is 0 Å². The summed E-state index contributed by atoms with van der Waals surface area (Å²) in [5.41, 5.74) is 0.432. The van der Waals surface area contributed by atoms with E-state index in [1.165, 1.54) is 30.3 Å². The fourth-order valence-corrected chi connectivity index (χ4v) is 2.79. The summed E-state index contributed by atoms with van der Waals surface area (Å²) in [6.45, 7) is 0.162. The molecule has 5 rings (SSSR count). The summed E-state index contributed by atoms with van der Waals surface area (Å²) in [5.74, 6) is 1.00. The summed E-state index contributed by atoms with van der Waals surface area (Å²) in [5, 5.41) is 12.2. The van der Waals surface area contributed by atoms with Gasteiger partial charge in [-0.1, -0.05) is 12.1 Å². The molecular weight excluding hydrogens is 367 g/mol. The molecule has 0 amide bonds. The van der Waals surface area contributed by atoms with Gasteiger partial charge >= 0.3 is 0 Å². The molecule has 0 aliphatic carbocycles. The highest BCUT2D eigenvalue weighted by atomic mass is 19.1. The van der Waals surface area contributed by atoms with Crippen LogP contribution < -0.4 is 15.0 Å². The Kier molecular flexibility index (Phi) is 3.64. The van der Waals surface area contributed by atoms with Gasteiger partial charge in [-0.2, -0.15) is 9.78 Å². The lowest BCUT2D eigenvalue weighted by molar-refractivity contribution is 0.174. The Balaban J connectivity index is 1.54. The van der Waals surface area contributed by atoms with Gasteiger partial charge in [0.1, 0.15) is 17.2 Å². The topological polar surface area (TPSA) is 92.3 Å². The number of halogens is 1. The molecule has 0 bridgehead atoms. The molecule has 0 spiro atoms. The lowest BCUT2D eigenvalue weighted by atomic mass is 10.2. The first kappa shape index (κ1) is 16.2. The molecule has 0 unspecified atom stereocenters. The van der Waals surface area contributed by atoms with Crippen molar-refractivity contribution in [1.29, 1.82) is 0 Å². The molecule has 0 saturated carbocycles. The van der Waals surface area contributed by atoms with Crippen LogP contribution in [0.15, 0.2) is 63.8 Å². The Labute approximate surface area is 156 Å². The molecule has 3 heterocycles. The van der Waals surface area contributed by atoms with Gasteiger partial charge in [0, 0.05) is 11.6 Å². The zero-order chi connectivity index (χ0) is 19.1. The zero-order valence-electron chi connectivity index (χ0n) is 14.2. The predicted molar refractivity (Wildman–Crippen MR) is 94.6 cm³/mol. The summed E-state index contributed by atoms with van der Waals surface area (Å²) in [6.07, 6.45) is 0. The van der Waals surface area contributed by atoms with Crippen LogP contribution in [0.2, 0.25) is 0 Å². The minimum atomic E-state index is -0.569. The number of fused-ring (bicyclic) bond motifs is 1. The molecule has 138 valence electrons. The van der Waals surface area contributed by atoms with E-state index < -0.39 is 11.4 Å². The number of rotatable bonds is 3. The molecule has 2 aromatic carbocycles. The van der Waals surface area contributed by atoms with E-state index in [0.29, 0.717) is 17.1 Å². The van der Waals surface area contributed by atoms with Gasteiger partial charge in [0.05, 0.1) is 0 Å². The maximum atomic E-state index is 14.1. The molecule has 0 N–H and O–H groups in total. The van der Waals surface area contributed by atoms with Crippen LogP contribution >= 0.6 is 0 Å². The zero-order valence-corrected chi connectivity index (χ0v) is 14.2. The average molecular weight is 378 g/mol. The van der Waals surface area contributed by atoms with Crippen molar-refractivity contribution in [2.45, 2.75) is 0 Å². The van der Waals surface area contributed by atoms with Gasteiger partial charge in [-0.25, -0.2) is 4.39 Å². The highest BCUT2D eigenvalue weighted by Crippen LogP contribution is 2.35. The average Bonchev–Trinajstić information content (AvgIpc) is 3.38. The maximum absolute atomic E-state index is 14.1. The molecule has 9 heteroatoms. The van der Waals surface area contributed by atoms with E-state index in [1.54, 1.807) is 24.3 Å². The second-order valence-corrected chi connectivity index (χ2v) is 5.90. The number of hydrogen-bond acceptors (Lipinski definition) is 7. The summed E-state index contributed by atoms with van der Waals surface area (Å²) < 4.78 is 31.3. The van der Waals surface area contributed by atoms with Crippen LogP contribution in [0.4, 0.5) is 4.39 Å². The van der Waals surface area contributed by atoms with Gasteiger partial charge in [-0.05, 0) is 36.4 Å². The number of ether oxygens (including phenoxy) is 2. The third-order valence-corrected chi connectivity index (χ3v) is 4.14. The van der Waals surface area contributed by atoms with Crippen LogP contribution in [-0.2, 0) is 0 Å². The maximum Gasteiger partial charge on any atom is 0.271 e. The third-order valence-electron chi connectivity index (χ3n) is 4.14. The quantitative estimate of drug-likeness (QED) is 0.541. The fraction of sp³-hybridized carbons (Fsp3) is 0.0526. The van der Waals surface area contributed by atoms with Gasteiger partial charge in [0.25, 0.3) is 11.4 Å². The lowest BCUT2D eigenvalue weighted by Gasteiger charge is -2.05. The highest BCUT2D eigenvalue weighted by molar-refractivity contribution is 5.61. The molecule has 1 aliphatic heterocycles. The van der Waals surface area contributed by atoms with Crippen molar-refractivity contribution in [3.05, 3.63) is 70.8 Å². The Hall–Kier alpha value is -4.01. The summed E-state index contributed by atoms with van der Waals surface area (Å²) in [7, 11) is 0. The molecule has 8 nitrogen and oxygen atoms in total. The minimum Gasteiger partial charge on any atom is -0.454 e. The van der Waals surface area contributed by atoms with Gasteiger partial charge in [-0.15, -0.1) is 10.2 Å². The molecule has 1 aliphatic rings. The highest BCUT2D eigenvalue weighted by Gasteiger charge is 2.18. The molecule has 0 fully saturated rings. The van der Waals surface area contributed by atoms with E-state index in [4.69, 9.17) is 13.9 Å². The van der Waals surface area contributed by atoms with Gasteiger partial charge in [-0.3, -0.25) is 4.79 Å². The molecule has 28 heavy (non-hydrogen) atoms. The van der Waals surface area contributed by atoms with Crippen LogP contribution in [0.1, 0.15) is 0 Å². The lowest BCUT2D eigenvalue weighted by Crippen LogP contribution is -2.21. The van der Waals surface area contributed by atoms with Crippen molar-refractivity contribution in [3.8, 4) is 40.2 Å². The molecule has 0 radical (unpaired) electrons. The van der Waals surface area contributed by atoms with Crippen molar-refractivity contribution < 1.29 is 18.3 Å². The van der Waals surface area contributed by atoms with Gasteiger partial charge in [0.15, 0.2) is 11.5 Å².